The first-order valence-corrected chi connectivity index (χ1v) is 10.1. The van der Waals surface area contributed by atoms with Gasteiger partial charge in [0, 0.05) is 62.0 Å². The number of aromatic nitrogens is 1. The molecule has 1 aromatic heterocycles. The number of benzene rings is 2. The first-order valence-electron chi connectivity index (χ1n) is 10.1. The van der Waals surface area contributed by atoms with Crippen LogP contribution in [0.1, 0.15) is 18.9 Å². The van der Waals surface area contributed by atoms with Crippen molar-refractivity contribution >= 4 is 28.7 Å². The number of fused-ring (bicyclic) bond motifs is 1. The number of amides is 1. The predicted octanol–water partition coefficient (Wildman–Crippen LogP) is 3.87. The van der Waals surface area contributed by atoms with Gasteiger partial charge in [0.05, 0.1) is 5.52 Å². The molecule has 1 amide bonds. The summed E-state index contributed by atoms with van der Waals surface area (Å²) in [5.74, 6) is 1.00. The number of nitrogens with one attached hydrogen (secondary N) is 2. The van der Waals surface area contributed by atoms with Gasteiger partial charge in [0.15, 0.2) is 0 Å². The third-order valence-corrected chi connectivity index (χ3v) is 5.67. The Morgan fingerprint density at radius 1 is 1.23 bits per heavy atom. The number of ether oxygens (including phenoxy) is 1. The smallest absolute Gasteiger partial charge is 0.220 e. The minimum atomic E-state index is -0.0970. The topological polar surface area (TPSA) is 78.3 Å². The second-order valence-corrected chi connectivity index (χ2v) is 7.95. The number of rotatable bonds is 6. The van der Waals surface area contributed by atoms with Gasteiger partial charge in [0.25, 0.3) is 0 Å². The van der Waals surface area contributed by atoms with Crippen LogP contribution in [0, 0.1) is 11.3 Å². The van der Waals surface area contributed by atoms with E-state index in [9.17, 15) is 4.79 Å². The number of carbonyl (C=O) groups excluding carboxylic acids is 1. The fourth-order valence-electron chi connectivity index (χ4n) is 3.90. The maximum absolute atomic E-state index is 11.6. The van der Waals surface area contributed by atoms with Crippen LogP contribution in [-0.2, 0) is 4.79 Å². The second-order valence-electron chi connectivity index (χ2n) is 7.95. The normalized spacial score (nSPS) is 16.9. The monoisotopic (exact) mass is 402 g/mol. The van der Waals surface area contributed by atoms with Gasteiger partial charge in [-0.2, -0.15) is 0 Å². The van der Waals surface area contributed by atoms with Gasteiger partial charge in [0.1, 0.15) is 11.9 Å². The first kappa shape index (κ1) is 19.9. The summed E-state index contributed by atoms with van der Waals surface area (Å²) in [6.45, 7) is 2.66. The molecule has 6 heteroatoms. The molecule has 0 aliphatic carbocycles. The number of pyridine rings is 1. The molecule has 0 spiro atoms. The maximum atomic E-state index is 11.6. The zero-order chi connectivity index (χ0) is 21.3. The standard InChI is InChI=1S/C24H26N4O2/c1-15(19-12-24(29)27-14-19)30-23-11-18(9-21-20(23)5-4-8-26-21)16-6-7-17(13-25)22(10-16)28(2)3/h4-11,13,15,19,25H,12,14H2,1-3H3,(H,27,29)/t15-,19-/m1/s1. The molecule has 1 aliphatic rings. The van der Waals surface area contributed by atoms with Gasteiger partial charge in [0.2, 0.25) is 5.91 Å². The van der Waals surface area contributed by atoms with Crippen LogP contribution in [0.3, 0.4) is 0 Å². The van der Waals surface area contributed by atoms with Crippen molar-refractivity contribution in [2.75, 3.05) is 25.5 Å². The Balaban J connectivity index is 1.76. The highest BCUT2D eigenvalue weighted by molar-refractivity contribution is 5.92. The van der Waals surface area contributed by atoms with Crippen molar-refractivity contribution in [1.29, 1.82) is 5.41 Å². The van der Waals surface area contributed by atoms with E-state index in [4.69, 9.17) is 10.1 Å². The lowest BCUT2D eigenvalue weighted by molar-refractivity contribution is -0.119. The highest BCUT2D eigenvalue weighted by Gasteiger charge is 2.28. The molecule has 6 nitrogen and oxygen atoms in total. The van der Waals surface area contributed by atoms with Gasteiger partial charge in [-0.3, -0.25) is 9.78 Å². The summed E-state index contributed by atoms with van der Waals surface area (Å²) in [6, 6.07) is 14.1. The van der Waals surface area contributed by atoms with E-state index in [-0.39, 0.29) is 17.9 Å². The van der Waals surface area contributed by atoms with E-state index in [0.717, 1.165) is 39.0 Å². The maximum Gasteiger partial charge on any atom is 0.220 e. The van der Waals surface area contributed by atoms with Crippen LogP contribution < -0.4 is 15.0 Å². The first-order chi connectivity index (χ1) is 14.5. The van der Waals surface area contributed by atoms with E-state index >= 15 is 0 Å². The lowest BCUT2D eigenvalue weighted by Gasteiger charge is -2.22. The van der Waals surface area contributed by atoms with E-state index in [0.29, 0.717) is 13.0 Å². The zero-order valence-electron chi connectivity index (χ0n) is 17.5. The molecule has 0 bridgehead atoms. The molecule has 2 atom stereocenters. The van der Waals surface area contributed by atoms with Gasteiger partial charge in [-0.1, -0.05) is 12.1 Å². The Bertz CT molecular complexity index is 1110. The average molecular weight is 402 g/mol. The quantitative estimate of drug-likeness (QED) is 0.614. The van der Waals surface area contributed by atoms with Gasteiger partial charge < -0.3 is 20.4 Å². The summed E-state index contributed by atoms with van der Waals surface area (Å²) in [6.07, 6.45) is 3.55. The molecule has 0 radical (unpaired) electrons. The lowest BCUT2D eigenvalue weighted by Crippen LogP contribution is -2.25. The molecular formula is C24H26N4O2. The molecule has 1 fully saturated rings. The molecule has 3 aromatic rings. The summed E-state index contributed by atoms with van der Waals surface area (Å²) >= 11 is 0. The van der Waals surface area contributed by atoms with Crippen LogP contribution in [0.2, 0.25) is 0 Å². The number of nitrogens with zero attached hydrogens (tertiary/aromatic N) is 2. The van der Waals surface area contributed by atoms with Crippen molar-refractivity contribution in [2.24, 2.45) is 5.92 Å². The molecule has 0 unspecified atom stereocenters. The SMILES string of the molecule is C[C@@H](Oc1cc(-c2ccc(C=N)c(N(C)C)c2)cc2ncccc12)[C@H]1CNC(=O)C1. The van der Waals surface area contributed by atoms with Gasteiger partial charge >= 0.3 is 0 Å². The Kier molecular flexibility index (Phi) is 5.40. The van der Waals surface area contributed by atoms with E-state index in [1.165, 1.54) is 6.21 Å². The van der Waals surface area contributed by atoms with Crippen molar-refractivity contribution in [3.63, 3.8) is 0 Å². The molecule has 154 valence electrons. The fourth-order valence-corrected chi connectivity index (χ4v) is 3.90. The van der Waals surface area contributed by atoms with Crippen LogP contribution >= 0.6 is 0 Å². The molecule has 2 N–H and O–H groups in total. The van der Waals surface area contributed by atoms with Crippen molar-refractivity contribution in [2.45, 2.75) is 19.4 Å². The molecule has 1 aliphatic heterocycles. The number of carbonyl (C=O) groups is 1. The van der Waals surface area contributed by atoms with E-state index in [2.05, 4.69) is 22.4 Å². The van der Waals surface area contributed by atoms with E-state index in [1.807, 2.05) is 56.3 Å². The average Bonchev–Trinajstić information content (AvgIpc) is 3.19. The van der Waals surface area contributed by atoms with Crippen LogP contribution in [-0.4, -0.2) is 43.8 Å². The highest BCUT2D eigenvalue weighted by atomic mass is 16.5. The molecule has 2 heterocycles. The highest BCUT2D eigenvalue weighted by Crippen LogP contribution is 2.35. The number of hydrogen-bond acceptors (Lipinski definition) is 5. The van der Waals surface area contributed by atoms with Crippen molar-refractivity contribution < 1.29 is 9.53 Å². The van der Waals surface area contributed by atoms with Gasteiger partial charge in [-0.15, -0.1) is 0 Å². The molecular weight excluding hydrogens is 376 g/mol. The van der Waals surface area contributed by atoms with Crippen LogP contribution in [0.15, 0.2) is 48.7 Å². The van der Waals surface area contributed by atoms with Gasteiger partial charge in [-0.05, 0) is 48.4 Å². The summed E-state index contributed by atoms with van der Waals surface area (Å²) in [4.78, 5) is 18.2. The Morgan fingerprint density at radius 2 is 2.07 bits per heavy atom. The minimum absolute atomic E-state index is 0.0817. The third-order valence-electron chi connectivity index (χ3n) is 5.67. The molecule has 2 aromatic carbocycles. The fraction of sp³-hybridized carbons (Fsp3) is 0.292. The van der Waals surface area contributed by atoms with Crippen molar-refractivity contribution in [3.8, 4) is 16.9 Å². The molecule has 4 rings (SSSR count). The summed E-state index contributed by atoms with van der Waals surface area (Å²) < 4.78 is 6.37. The molecule has 1 saturated heterocycles. The van der Waals surface area contributed by atoms with Crippen LogP contribution in [0.5, 0.6) is 5.75 Å². The number of hydrogen-bond donors (Lipinski definition) is 2. The van der Waals surface area contributed by atoms with E-state index in [1.54, 1.807) is 6.20 Å². The second kappa shape index (κ2) is 8.14. The molecule has 30 heavy (non-hydrogen) atoms. The summed E-state index contributed by atoms with van der Waals surface area (Å²) in [5.41, 5.74) is 4.75. The zero-order valence-corrected chi connectivity index (χ0v) is 17.5. The largest absolute Gasteiger partial charge is 0.490 e. The van der Waals surface area contributed by atoms with Crippen molar-refractivity contribution in [3.05, 3.63) is 54.2 Å². The number of anilines is 1. The Hall–Kier alpha value is -3.41. The predicted molar refractivity (Wildman–Crippen MR) is 121 cm³/mol. The minimum Gasteiger partial charge on any atom is -0.490 e. The molecule has 0 saturated carbocycles. The van der Waals surface area contributed by atoms with E-state index < -0.39 is 0 Å². The van der Waals surface area contributed by atoms with Crippen LogP contribution in [0.25, 0.3) is 22.0 Å². The van der Waals surface area contributed by atoms with Crippen molar-refractivity contribution in [1.82, 2.24) is 10.3 Å². The van der Waals surface area contributed by atoms with Gasteiger partial charge in [-0.25, -0.2) is 0 Å². The Labute approximate surface area is 176 Å². The Morgan fingerprint density at radius 3 is 2.77 bits per heavy atom. The summed E-state index contributed by atoms with van der Waals surface area (Å²) in [7, 11) is 3.95. The third kappa shape index (κ3) is 3.85. The summed E-state index contributed by atoms with van der Waals surface area (Å²) in [5, 5.41) is 11.5. The lowest BCUT2D eigenvalue weighted by atomic mass is 9.99. The van der Waals surface area contributed by atoms with Crippen LogP contribution in [0.4, 0.5) is 5.69 Å².